The van der Waals surface area contributed by atoms with Gasteiger partial charge in [-0.25, -0.2) is 4.79 Å². The fourth-order valence-corrected chi connectivity index (χ4v) is 4.55. The van der Waals surface area contributed by atoms with Gasteiger partial charge in [0.05, 0.1) is 23.9 Å². The van der Waals surface area contributed by atoms with Gasteiger partial charge in [0, 0.05) is 24.0 Å². The maximum Gasteiger partial charge on any atom is 0.410 e. The van der Waals surface area contributed by atoms with Gasteiger partial charge in [0.1, 0.15) is 5.60 Å². The van der Waals surface area contributed by atoms with E-state index in [0.717, 1.165) is 47.9 Å². The van der Waals surface area contributed by atoms with Gasteiger partial charge in [-0.1, -0.05) is 35.5 Å². The highest BCUT2D eigenvalue weighted by atomic mass is 16.6. The van der Waals surface area contributed by atoms with E-state index in [1.54, 1.807) is 17.0 Å². The number of amides is 1. The minimum Gasteiger partial charge on any atom is -0.444 e. The second-order valence-electron chi connectivity index (χ2n) is 10.3. The van der Waals surface area contributed by atoms with Crippen LogP contribution in [-0.4, -0.2) is 39.9 Å². The Bertz CT molecular complexity index is 1270. The smallest absolute Gasteiger partial charge is 0.410 e. The number of piperidine rings is 1. The molecule has 1 aliphatic rings. The fourth-order valence-electron chi connectivity index (χ4n) is 4.55. The molecule has 36 heavy (non-hydrogen) atoms. The monoisotopic (exact) mass is 487 g/mol. The average molecular weight is 488 g/mol. The maximum atomic E-state index is 12.3. The number of carbonyl (C=O) groups excluding carboxylic acids is 1. The maximum absolute atomic E-state index is 12.3. The van der Waals surface area contributed by atoms with E-state index in [1.807, 2.05) is 57.2 Å². The van der Waals surface area contributed by atoms with Crippen LogP contribution >= 0.6 is 0 Å². The molecule has 2 aromatic carbocycles. The van der Waals surface area contributed by atoms with E-state index in [0.29, 0.717) is 35.7 Å². The van der Waals surface area contributed by atoms with Gasteiger partial charge in [-0.15, -0.1) is 0 Å². The van der Waals surface area contributed by atoms with E-state index < -0.39 is 5.60 Å². The molecule has 0 radical (unpaired) electrons. The number of aryl methyl sites for hydroxylation is 1. The van der Waals surface area contributed by atoms with Crippen LogP contribution in [0.1, 0.15) is 68.0 Å². The van der Waals surface area contributed by atoms with Crippen LogP contribution in [0.2, 0.25) is 0 Å². The van der Waals surface area contributed by atoms with Crippen LogP contribution in [0.25, 0.3) is 23.1 Å². The first-order valence-corrected chi connectivity index (χ1v) is 12.4. The van der Waals surface area contributed by atoms with E-state index in [2.05, 4.69) is 11.2 Å². The molecule has 4 rings (SSSR count). The number of aliphatic hydroxyl groups is 1. The summed E-state index contributed by atoms with van der Waals surface area (Å²) in [5.74, 6) is 0.516. The fraction of sp³-hybridized carbons (Fsp3) is 0.414. The predicted molar refractivity (Wildman–Crippen MR) is 139 cm³/mol. The van der Waals surface area contributed by atoms with Crippen molar-refractivity contribution in [1.29, 1.82) is 5.26 Å². The topological polar surface area (TPSA) is 99.6 Å². The second kappa shape index (κ2) is 11.0. The van der Waals surface area contributed by atoms with Gasteiger partial charge in [0.2, 0.25) is 0 Å². The summed E-state index contributed by atoms with van der Waals surface area (Å²) in [6.07, 6.45) is 7.30. The quantitative estimate of drug-likeness (QED) is 0.432. The summed E-state index contributed by atoms with van der Waals surface area (Å²) in [7, 11) is 0. The lowest BCUT2D eigenvalue weighted by Gasteiger charge is -2.33. The third-order valence-electron chi connectivity index (χ3n) is 6.56. The Balaban J connectivity index is 1.39. The van der Waals surface area contributed by atoms with Gasteiger partial charge in [0.25, 0.3) is 0 Å². The van der Waals surface area contributed by atoms with Gasteiger partial charge in [-0.3, -0.25) is 0 Å². The van der Waals surface area contributed by atoms with Crippen LogP contribution < -0.4 is 0 Å². The summed E-state index contributed by atoms with van der Waals surface area (Å²) in [5, 5.41) is 24.3. The predicted octanol–water partition coefficient (Wildman–Crippen LogP) is 5.94. The minimum absolute atomic E-state index is 0.151. The minimum atomic E-state index is -0.478. The number of likely N-dealkylation sites (tertiary alicyclic amines) is 1. The molecular formula is C29H33N3O4. The molecule has 0 aliphatic carbocycles. The molecule has 0 saturated carbocycles. The highest BCUT2D eigenvalue weighted by Gasteiger charge is 2.27. The summed E-state index contributed by atoms with van der Waals surface area (Å²) in [4.78, 5) is 14.1. The van der Waals surface area contributed by atoms with Crippen molar-refractivity contribution in [1.82, 2.24) is 10.1 Å². The number of nitrogens with zero attached hydrogens (tertiary/aromatic N) is 3. The Hall–Kier alpha value is -3.63. The van der Waals surface area contributed by atoms with Gasteiger partial charge in [-0.2, -0.15) is 5.26 Å². The van der Waals surface area contributed by atoms with Crippen molar-refractivity contribution in [3.05, 3.63) is 64.3 Å². The first kappa shape index (κ1) is 25.5. The van der Waals surface area contributed by atoms with Crippen molar-refractivity contribution < 1.29 is 19.2 Å². The zero-order chi connectivity index (χ0) is 25.7. The number of nitriles is 1. The van der Waals surface area contributed by atoms with Crippen molar-refractivity contribution in [2.24, 2.45) is 5.92 Å². The molecule has 7 nitrogen and oxygen atoms in total. The number of aromatic nitrogens is 1. The molecular weight excluding hydrogens is 454 g/mol. The standard InChI is InChI=1S/C29H33N3O4/c1-29(2,3)35-28(34)32-16-14-21(15-17-32)9-13-26-24-12-11-23(25(19-33)27(24)36-31-26)10-8-20-4-6-22(18-30)7-5-20/h4-8,10-12,21,33H,9,13-17,19H2,1-3H3/b10-8-. The lowest BCUT2D eigenvalue weighted by molar-refractivity contribution is 0.0181. The van der Waals surface area contributed by atoms with Gasteiger partial charge < -0.3 is 19.3 Å². The van der Waals surface area contributed by atoms with E-state index in [4.69, 9.17) is 14.5 Å². The zero-order valence-corrected chi connectivity index (χ0v) is 21.2. The van der Waals surface area contributed by atoms with E-state index in [-0.39, 0.29) is 12.7 Å². The van der Waals surface area contributed by atoms with E-state index in [9.17, 15) is 9.90 Å². The lowest BCUT2D eigenvalue weighted by Crippen LogP contribution is -2.41. The molecule has 1 N–H and O–H groups in total. The molecule has 1 aromatic heterocycles. The van der Waals surface area contributed by atoms with Gasteiger partial charge >= 0.3 is 6.09 Å². The molecule has 0 atom stereocenters. The van der Waals surface area contributed by atoms with E-state index in [1.165, 1.54) is 0 Å². The Kier molecular flexibility index (Phi) is 7.76. The van der Waals surface area contributed by atoms with Crippen LogP contribution in [0.5, 0.6) is 0 Å². The molecule has 0 unspecified atom stereocenters. The molecule has 0 spiro atoms. The number of hydrogen-bond donors (Lipinski definition) is 1. The molecule has 188 valence electrons. The molecule has 2 heterocycles. The average Bonchev–Trinajstić information content (AvgIpc) is 3.28. The summed E-state index contributed by atoms with van der Waals surface area (Å²) in [6.45, 7) is 6.93. The molecule has 1 amide bonds. The van der Waals surface area contributed by atoms with Crippen LogP contribution in [0, 0.1) is 17.2 Å². The number of fused-ring (bicyclic) bond motifs is 1. The van der Waals surface area contributed by atoms with Gasteiger partial charge in [0.15, 0.2) is 5.58 Å². The molecule has 7 heteroatoms. The molecule has 0 bridgehead atoms. The van der Waals surface area contributed by atoms with E-state index >= 15 is 0 Å². The Morgan fingerprint density at radius 1 is 1.19 bits per heavy atom. The first-order chi connectivity index (χ1) is 17.3. The number of ether oxygens (including phenoxy) is 1. The number of rotatable bonds is 6. The van der Waals surface area contributed by atoms with Crippen molar-refractivity contribution in [3.8, 4) is 6.07 Å². The van der Waals surface area contributed by atoms with Crippen LogP contribution in [0.3, 0.4) is 0 Å². The van der Waals surface area contributed by atoms with Gasteiger partial charge in [-0.05, 0) is 81.7 Å². The van der Waals surface area contributed by atoms with Crippen molar-refractivity contribution in [2.45, 2.75) is 58.7 Å². The third-order valence-corrected chi connectivity index (χ3v) is 6.56. The lowest BCUT2D eigenvalue weighted by atomic mass is 9.91. The Labute approximate surface area is 212 Å². The first-order valence-electron chi connectivity index (χ1n) is 12.4. The van der Waals surface area contributed by atoms with Crippen LogP contribution in [0.15, 0.2) is 40.9 Å². The Morgan fingerprint density at radius 3 is 2.56 bits per heavy atom. The summed E-state index contributed by atoms with van der Waals surface area (Å²) >= 11 is 0. The SMILES string of the molecule is CC(C)(C)OC(=O)N1CCC(CCc2noc3c(CO)c(/C=C\c4ccc(C#N)cc4)ccc23)CC1. The molecule has 1 fully saturated rings. The number of benzene rings is 2. The number of carbonyl (C=O) groups is 1. The highest BCUT2D eigenvalue weighted by molar-refractivity contribution is 5.87. The summed E-state index contributed by atoms with van der Waals surface area (Å²) in [5.41, 5.74) is 4.20. The van der Waals surface area contributed by atoms with Crippen LogP contribution in [0.4, 0.5) is 4.79 Å². The zero-order valence-electron chi connectivity index (χ0n) is 21.2. The normalized spacial score (nSPS) is 14.9. The van der Waals surface area contributed by atoms with Crippen molar-refractivity contribution in [2.75, 3.05) is 13.1 Å². The summed E-state index contributed by atoms with van der Waals surface area (Å²) < 4.78 is 11.2. The molecule has 3 aromatic rings. The second-order valence-corrected chi connectivity index (χ2v) is 10.3. The number of hydrogen-bond acceptors (Lipinski definition) is 6. The number of aliphatic hydroxyl groups excluding tert-OH is 1. The largest absolute Gasteiger partial charge is 0.444 e. The Morgan fingerprint density at radius 2 is 1.92 bits per heavy atom. The van der Waals surface area contributed by atoms with Crippen molar-refractivity contribution in [3.63, 3.8) is 0 Å². The van der Waals surface area contributed by atoms with Crippen LogP contribution in [-0.2, 0) is 17.8 Å². The highest BCUT2D eigenvalue weighted by Crippen LogP contribution is 2.30. The third kappa shape index (κ3) is 6.13. The molecule has 1 saturated heterocycles. The molecule has 1 aliphatic heterocycles. The summed E-state index contributed by atoms with van der Waals surface area (Å²) in [6, 6.07) is 13.4. The van der Waals surface area contributed by atoms with Crippen molar-refractivity contribution >= 4 is 29.2 Å².